The summed E-state index contributed by atoms with van der Waals surface area (Å²) in [6, 6.07) is 0. The highest BCUT2D eigenvalue weighted by molar-refractivity contribution is 5.43. The first-order valence-electron chi connectivity index (χ1n) is 8.11. The van der Waals surface area contributed by atoms with Crippen LogP contribution >= 0.6 is 0 Å². The number of nitrogens with zero attached hydrogens (tertiary/aromatic N) is 1. The second kappa shape index (κ2) is 6.05. The van der Waals surface area contributed by atoms with Gasteiger partial charge in [-0.05, 0) is 43.1 Å². The number of hydrogen-bond acceptors (Lipinski definition) is 3. The third-order valence-electron chi connectivity index (χ3n) is 4.80. The summed E-state index contributed by atoms with van der Waals surface area (Å²) >= 11 is 0. The molecule has 2 N–H and O–H groups in total. The zero-order valence-corrected chi connectivity index (χ0v) is 14.0. The molecule has 2 unspecified atom stereocenters. The van der Waals surface area contributed by atoms with Crippen LogP contribution in [-0.4, -0.2) is 15.2 Å². The van der Waals surface area contributed by atoms with Gasteiger partial charge in [0, 0.05) is 22.5 Å². The van der Waals surface area contributed by atoms with E-state index in [9.17, 15) is 10.2 Å². The molecule has 1 aromatic rings. The van der Waals surface area contributed by atoms with Crippen molar-refractivity contribution in [2.75, 3.05) is 0 Å². The first-order chi connectivity index (χ1) is 9.80. The number of pyridine rings is 1. The Morgan fingerprint density at radius 2 is 2.05 bits per heavy atom. The molecule has 1 aliphatic rings. The molecule has 1 aromatic heterocycles. The molecule has 118 valence electrons. The lowest BCUT2D eigenvalue weighted by Gasteiger charge is -2.36. The van der Waals surface area contributed by atoms with E-state index >= 15 is 0 Å². The summed E-state index contributed by atoms with van der Waals surface area (Å²) in [5.41, 5.74) is 5.08. The minimum absolute atomic E-state index is 0.00557. The Morgan fingerprint density at radius 1 is 1.38 bits per heavy atom. The van der Waals surface area contributed by atoms with Crippen LogP contribution in [0.1, 0.15) is 87.1 Å². The van der Waals surface area contributed by atoms with Crippen molar-refractivity contribution in [3.8, 4) is 0 Å². The molecule has 1 aliphatic carbocycles. The molecule has 0 spiro atoms. The van der Waals surface area contributed by atoms with Crippen LogP contribution in [0.15, 0.2) is 0 Å². The van der Waals surface area contributed by atoms with E-state index in [1.807, 2.05) is 6.92 Å². The van der Waals surface area contributed by atoms with E-state index in [4.69, 9.17) is 4.98 Å². The smallest absolute Gasteiger partial charge is 0.0815 e. The molecule has 0 bridgehead atoms. The summed E-state index contributed by atoms with van der Waals surface area (Å²) in [5, 5.41) is 20.3. The van der Waals surface area contributed by atoms with E-state index in [-0.39, 0.29) is 12.0 Å². The summed E-state index contributed by atoms with van der Waals surface area (Å²) < 4.78 is 0. The van der Waals surface area contributed by atoms with Crippen molar-refractivity contribution in [1.82, 2.24) is 4.98 Å². The molecule has 0 amide bonds. The standard InChI is InChI=1S/C18H29NO2/c1-6-7-11(2)17-13(10-20)12(3)16-14(19-17)8-18(4,5)9-15(16)21/h11,15,20-21H,6-10H2,1-5H3. The Balaban J connectivity index is 2.58. The molecule has 1 heterocycles. The van der Waals surface area contributed by atoms with Crippen LogP contribution < -0.4 is 0 Å². The van der Waals surface area contributed by atoms with Crippen molar-refractivity contribution in [1.29, 1.82) is 0 Å². The molecule has 0 aromatic carbocycles. The largest absolute Gasteiger partial charge is 0.392 e. The topological polar surface area (TPSA) is 53.4 Å². The molecule has 0 saturated heterocycles. The number of hydrogen-bond donors (Lipinski definition) is 2. The quantitative estimate of drug-likeness (QED) is 0.887. The third-order valence-corrected chi connectivity index (χ3v) is 4.80. The molecular formula is C18H29NO2. The molecular weight excluding hydrogens is 262 g/mol. The second-order valence-electron chi connectivity index (χ2n) is 7.37. The lowest BCUT2D eigenvalue weighted by Crippen LogP contribution is -2.28. The van der Waals surface area contributed by atoms with E-state index in [1.165, 1.54) is 0 Å². The summed E-state index contributed by atoms with van der Waals surface area (Å²) in [6.45, 7) is 10.8. The predicted molar refractivity (Wildman–Crippen MR) is 85.3 cm³/mol. The fraction of sp³-hybridized carbons (Fsp3) is 0.722. The van der Waals surface area contributed by atoms with Crippen molar-refractivity contribution in [3.05, 3.63) is 28.1 Å². The van der Waals surface area contributed by atoms with Crippen molar-refractivity contribution < 1.29 is 10.2 Å². The van der Waals surface area contributed by atoms with Gasteiger partial charge >= 0.3 is 0 Å². The molecule has 2 rings (SSSR count). The van der Waals surface area contributed by atoms with Gasteiger partial charge in [-0.3, -0.25) is 4.98 Å². The van der Waals surface area contributed by atoms with E-state index in [0.29, 0.717) is 5.92 Å². The Labute approximate surface area is 128 Å². The summed E-state index contributed by atoms with van der Waals surface area (Å²) in [5.74, 6) is 0.350. The van der Waals surface area contributed by atoms with E-state index in [1.54, 1.807) is 0 Å². The van der Waals surface area contributed by atoms with Crippen LogP contribution in [0.5, 0.6) is 0 Å². The Bertz CT molecular complexity index is 522. The Morgan fingerprint density at radius 3 is 2.62 bits per heavy atom. The number of aromatic nitrogens is 1. The zero-order valence-electron chi connectivity index (χ0n) is 14.0. The molecule has 21 heavy (non-hydrogen) atoms. The van der Waals surface area contributed by atoms with Gasteiger partial charge in [-0.1, -0.05) is 34.1 Å². The number of aliphatic hydroxyl groups is 2. The highest BCUT2D eigenvalue weighted by Crippen LogP contribution is 2.43. The molecule has 3 nitrogen and oxygen atoms in total. The van der Waals surface area contributed by atoms with Gasteiger partial charge in [0.1, 0.15) is 0 Å². The fourth-order valence-corrected chi connectivity index (χ4v) is 3.75. The SMILES string of the molecule is CCCC(C)c1nc2c(c(C)c1CO)C(O)CC(C)(C)C2. The van der Waals surface area contributed by atoms with Gasteiger partial charge in [-0.2, -0.15) is 0 Å². The highest BCUT2D eigenvalue weighted by Gasteiger charge is 2.34. The van der Waals surface area contributed by atoms with Crippen molar-refractivity contribution in [3.63, 3.8) is 0 Å². The number of fused-ring (bicyclic) bond motifs is 1. The molecule has 2 atom stereocenters. The third kappa shape index (κ3) is 3.14. The lowest BCUT2D eigenvalue weighted by molar-refractivity contribution is 0.0970. The fourth-order valence-electron chi connectivity index (χ4n) is 3.75. The van der Waals surface area contributed by atoms with Gasteiger partial charge < -0.3 is 10.2 Å². The van der Waals surface area contributed by atoms with Gasteiger partial charge in [-0.15, -0.1) is 0 Å². The minimum Gasteiger partial charge on any atom is -0.392 e. The molecule has 0 aliphatic heterocycles. The molecule has 0 saturated carbocycles. The summed E-state index contributed by atoms with van der Waals surface area (Å²) in [6.07, 6.45) is 3.38. The van der Waals surface area contributed by atoms with Crippen molar-refractivity contribution in [2.24, 2.45) is 5.41 Å². The normalized spacial score (nSPS) is 22.0. The van der Waals surface area contributed by atoms with Crippen LogP contribution in [0.3, 0.4) is 0 Å². The van der Waals surface area contributed by atoms with Gasteiger partial charge in [0.25, 0.3) is 0 Å². The zero-order chi connectivity index (χ0) is 15.8. The van der Waals surface area contributed by atoms with E-state index < -0.39 is 6.10 Å². The van der Waals surface area contributed by atoms with E-state index in [0.717, 1.165) is 53.8 Å². The lowest BCUT2D eigenvalue weighted by atomic mass is 9.73. The number of aliphatic hydroxyl groups excluding tert-OH is 2. The minimum atomic E-state index is -0.461. The second-order valence-corrected chi connectivity index (χ2v) is 7.37. The summed E-state index contributed by atoms with van der Waals surface area (Å²) in [7, 11) is 0. The molecule has 0 radical (unpaired) electrons. The first kappa shape index (κ1) is 16.4. The monoisotopic (exact) mass is 291 g/mol. The average Bonchev–Trinajstić information content (AvgIpc) is 2.36. The van der Waals surface area contributed by atoms with Crippen LogP contribution in [0, 0.1) is 12.3 Å². The van der Waals surface area contributed by atoms with Crippen molar-refractivity contribution >= 4 is 0 Å². The maximum Gasteiger partial charge on any atom is 0.0815 e. The summed E-state index contributed by atoms with van der Waals surface area (Å²) in [4.78, 5) is 4.89. The van der Waals surface area contributed by atoms with Gasteiger partial charge in [-0.25, -0.2) is 0 Å². The first-order valence-corrected chi connectivity index (χ1v) is 8.11. The molecule has 0 fully saturated rings. The maximum absolute atomic E-state index is 10.5. The Hall–Kier alpha value is -0.930. The van der Waals surface area contributed by atoms with Crippen LogP contribution in [0.4, 0.5) is 0 Å². The van der Waals surface area contributed by atoms with Crippen molar-refractivity contribution in [2.45, 2.75) is 78.9 Å². The maximum atomic E-state index is 10.5. The predicted octanol–water partition coefficient (Wildman–Crippen LogP) is 3.79. The number of rotatable bonds is 4. The van der Waals surface area contributed by atoms with Crippen LogP contribution in [0.2, 0.25) is 0 Å². The average molecular weight is 291 g/mol. The highest BCUT2D eigenvalue weighted by atomic mass is 16.3. The van der Waals surface area contributed by atoms with Crippen LogP contribution in [0.25, 0.3) is 0 Å². The van der Waals surface area contributed by atoms with Gasteiger partial charge in [0.2, 0.25) is 0 Å². The van der Waals surface area contributed by atoms with Gasteiger partial charge in [0.15, 0.2) is 0 Å². The van der Waals surface area contributed by atoms with Gasteiger partial charge in [0.05, 0.1) is 12.7 Å². The van der Waals surface area contributed by atoms with Crippen LogP contribution in [-0.2, 0) is 13.0 Å². The Kier molecular flexibility index (Phi) is 4.74. The van der Waals surface area contributed by atoms with E-state index in [2.05, 4.69) is 27.7 Å². The molecule has 3 heteroatoms.